The molecule has 0 bridgehead atoms. The Balaban J connectivity index is 2.09. The van der Waals surface area contributed by atoms with Crippen LogP contribution in [0, 0.1) is 0 Å². The molecule has 0 spiro atoms. The van der Waals surface area contributed by atoms with Crippen LogP contribution in [0.4, 0.5) is 11.4 Å². The summed E-state index contributed by atoms with van der Waals surface area (Å²) in [5.41, 5.74) is 15.2. The summed E-state index contributed by atoms with van der Waals surface area (Å²) in [6, 6.07) is 8.21. The number of nitrogens with two attached hydrogens (primary N) is 2. The molecule has 0 aliphatic heterocycles. The van der Waals surface area contributed by atoms with Gasteiger partial charge in [-0.1, -0.05) is 19.1 Å². The number of nitrogens with one attached hydrogen (secondary N) is 2. The van der Waals surface area contributed by atoms with Crippen molar-refractivity contribution in [2.75, 3.05) is 25.1 Å². The number of anilines is 2. The van der Waals surface area contributed by atoms with Crippen LogP contribution in [0.25, 0.3) is 10.9 Å². The zero-order chi connectivity index (χ0) is 26.2. The van der Waals surface area contributed by atoms with Crippen LogP contribution in [0.5, 0.6) is 11.5 Å². The number of pyridine rings is 1. The largest absolute Gasteiger partial charge is 0.490 e. The van der Waals surface area contributed by atoms with Crippen molar-refractivity contribution in [2.24, 2.45) is 11.5 Å². The van der Waals surface area contributed by atoms with Crippen molar-refractivity contribution in [1.82, 2.24) is 10.3 Å². The molecule has 0 radical (unpaired) electrons. The van der Waals surface area contributed by atoms with Crippen molar-refractivity contribution in [3.8, 4) is 11.5 Å². The van der Waals surface area contributed by atoms with E-state index >= 15 is 0 Å². The number of nitrogens with zero attached hydrogens (tertiary/aromatic N) is 1. The molecule has 7 N–H and O–H groups in total. The molecule has 0 aliphatic rings. The fourth-order valence-electron chi connectivity index (χ4n) is 3.92. The molecular formula is C26H33N5O5. The zero-order valence-electron chi connectivity index (χ0n) is 20.8. The van der Waals surface area contributed by atoms with Gasteiger partial charge in [0.1, 0.15) is 6.04 Å². The van der Waals surface area contributed by atoms with E-state index in [1.54, 1.807) is 12.1 Å². The molecule has 3 rings (SSSR count). The third kappa shape index (κ3) is 5.84. The third-order valence-corrected chi connectivity index (χ3v) is 5.67. The van der Waals surface area contributed by atoms with Gasteiger partial charge in [0.05, 0.1) is 36.6 Å². The third-order valence-electron chi connectivity index (χ3n) is 5.67. The Hall–Kier alpha value is -3.89. The number of aliphatic hydroxyl groups excluding tert-OH is 1. The number of hydrogen-bond donors (Lipinski definition) is 5. The average Bonchev–Trinajstić information content (AvgIpc) is 2.87. The van der Waals surface area contributed by atoms with Gasteiger partial charge in [0, 0.05) is 29.9 Å². The van der Waals surface area contributed by atoms with E-state index < -0.39 is 24.5 Å². The van der Waals surface area contributed by atoms with Gasteiger partial charge in [0.2, 0.25) is 5.91 Å². The predicted octanol–water partition coefficient (Wildman–Crippen LogP) is 2.37. The minimum Gasteiger partial charge on any atom is -0.490 e. The summed E-state index contributed by atoms with van der Waals surface area (Å²) in [6.45, 7) is 6.45. The number of fused-ring (bicyclic) bond motifs is 1. The van der Waals surface area contributed by atoms with E-state index in [9.17, 15) is 9.59 Å². The second kappa shape index (κ2) is 12.2. The van der Waals surface area contributed by atoms with Gasteiger partial charge in [-0.2, -0.15) is 0 Å². The highest BCUT2D eigenvalue weighted by Gasteiger charge is 2.19. The molecule has 0 unspecified atom stereocenters. The first kappa shape index (κ1) is 26.7. The van der Waals surface area contributed by atoms with Crippen molar-refractivity contribution < 1.29 is 24.2 Å². The van der Waals surface area contributed by atoms with E-state index in [0.717, 1.165) is 16.8 Å². The molecule has 0 saturated heterocycles. The van der Waals surface area contributed by atoms with Crippen LogP contribution in [-0.4, -0.2) is 47.8 Å². The van der Waals surface area contributed by atoms with E-state index in [1.807, 2.05) is 39.0 Å². The minimum atomic E-state index is -0.987. The summed E-state index contributed by atoms with van der Waals surface area (Å²) < 4.78 is 11.5. The topological polar surface area (TPSA) is 162 Å². The van der Waals surface area contributed by atoms with Gasteiger partial charge in [-0.15, -0.1) is 0 Å². The smallest absolute Gasteiger partial charge is 0.252 e. The predicted molar refractivity (Wildman–Crippen MR) is 139 cm³/mol. The number of hydrogen-bond acceptors (Lipinski definition) is 8. The van der Waals surface area contributed by atoms with Gasteiger partial charge in [0.25, 0.3) is 5.91 Å². The molecule has 36 heavy (non-hydrogen) atoms. The van der Waals surface area contributed by atoms with Crippen molar-refractivity contribution in [1.29, 1.82) is 0 Å². The first-order chi connectivity index (χ1) is 17.3. The molecule has 10 heteroatoms. The second-order valence-electron chi connectivity index (χ2n) is 8.02. The van der Waals surface area contributed by atoms with Crippen LogP contribution in [0.1, 0.15) is 42.3 Å². The standard InChI is InChI=1S/C26H33N5O5/c1-4-16-15(12-30-26(34)19(27)14-32)8-7-9-20(16)31-24-17-10-22(35-5-2)23(36-6-3)11-21(17)29-13-18(24)25(28)33/h7-11,13,19,32H,4-6,12,14,27H2,1-3H3,(H2,28,33)(H,29,31)(H,30,34)/t19-/m1/s1. The molecule has 10 nitrogen and oxygen atoms in total. The van der Waals surface area contributed by atoms with E-state index in [-0.39, 0.29) is 12.1 Å². The monoisotopic (exact) mass is 495 g/mol. The van der Waals surface area contributed by atoms with Crippen LogP contribution in [0.3, 0.4) is 0 Å². The summed E-state index contributed by atoms with van der Waals surface area (Å²) >= 11 is 0. The Bertz CT molecular complexity index is 1250. The van der Waals surface area contributed by atoms with Crippen LogP contribution >= 0.6 is 0 Å². The van der Waals surface area contributed by atoms with E-state index in [4.69, 9.17) is 26.0 Å². The lowest BCUT2D eigenvalue weighted by Gasteiger charge is -2.20. The maximum absolute atomic E-state index is 12.3. The number of carbonyl (C=O) groups excluding carboxylic acids is 2. The fraction of sp³-hybridized carbons (Fsp3) is 0.346. The van der Waals surface area contributed by atoms with Crippen LogP contribution in [0.15, 0.2) is 36.5 Å². The number of aromatic nitrogens is 1. The van der Waals surface area contributed by atoms with Gasteiger partial charge in [0.15, 0.2) is 11.5 Å². The molecule has 1 aromatic heterocycles. The number of primary amides is 1. The fourth-order valence-corrected chi connectivity index (χ4v) is 3.92. The number of carbonyl (C=O) groups is 2. The molecule has 192 valence electrons. The second-order valence-corrected chi connectivity index (χ2v) is 8.02. The van der Waals surface area contributed by atoms with Crippen LogP contribution in [-0.2, 0) is 17.8 Å². The molecule has 0 saturated carbocycles. The highest BCUT2D eigenvalue weighted by molar-refractivity contribution is 6.08. The Morgan fingerprint density at radius 1 is 1.11 bits per heavy atom. The number of ether oxygens (including phenoxy) is 2. The number of aliphatic hydroxyl groups is 1. The molecule has 1 heterocycles. The molecule has 0 aliphatic carbocycles. The minimum absolute atomic E-state index is 0.226. The van der Waals surface area contributed by atoms with Crippen LogP contribution < -0.4 is 31.6 Å². The van der Waals surface area contributed by atoms with E-state index in [1.165, 1.54) is 6.20 Å². The first-order valence-corrected chi connectivity index (χ1v) is 11.9. The summed E-state index contributed by atoms with van der Waals surface area (Å²) in [4.78, 5) is 28.8. The van der Waals surface area contributed by atoms with Gasteiger partial charge in [-0.25, -0.2) is 0 Å². The molecule has 0 fully saturated rings. The SMILES string of the molecule is CCOc1cc2ncc(C(N)=O)c(Nc3cccc(CNC(=O)[C@H](N)CO)c3CC)c2cc1OCC. The summed E-state index contributed by atoms with van der Waals surface area (Å²) in [5, 5.41) is 15.9. The highest BCUT2D eigenvalue weighted by Crippen LogP contribution is 2.38. The summed E-state index contributed by atoms with van der Waals surface area (Å²) in [7, 11) is 0. The van der Waals surface area contributed by atoms with E-state index in [2.05, 4.69) is 15.6 Å². The Morgan fingerprint density at radius 2 is 1.81 bits per heavy atom. The lowest BCUT2D eigenvalue weighted by molar-refractivity contribution is -0.123. The van der Waals surface area contributed by atoms with Crippen molar-refractivity contribution in [3.63, 3.8) is 0 Å². The van der Waals surface area contributed by atoms with Gasteiger partial charge < -0.3 is 36.7 Å². The van der Waals surface area contributed by atoms with Gasteiger partial charge in [-0.3, -0.25) is 14.6 Å². The average molecular weight is 496 g/mol. The zero-order valence-corrected chi connectivity index (χ0v) is 20.8. The van der Waals surface area contributed by atoms with Crippen molar-refractivity contribution >= 4 is 34.1 Å². The van der Waals surface area contributed by atoms with Crippen molar-refractivity contribution in [2.45, 2.75) is 39.8 Å². The van der Waals surface area contributed by atoms with E-state index in [0.29, 0.717) is 47.7 Å². The number of benzene rings is 2. The van der Waals surface area contributed by atoms with Gasteiger partial charge >= 0.3 is 0 Å². The Kier molecular flexibility index (Phi) is 9.04. The normalized spacial score (nSPS) is 11.7. The Morgan fingerprint density at radius 3 is 2.42 bits per heavy atom. The highest BCUT2D eigenvalue weighted by atomic mass is 16.5. The Labute approximate surface area is 210 Å². The first-order valence-electron chi connectivity index (χ1n) is 11.9. The molecule has 2 aromatic carbocycles. The maximum Gasteiger partial charge on any atom is 0.252 e. The lowest BCUT2D eigenvalue weighted by Crippen LogP contribution is -2.42. The van der Waals surface area contributed by atoms with Gasteiger partial charge in [-0.05, 0) is 43.5 Å². The maximum atomic E-state index is 12.3. The molecular weight excluding hydrogens is 462 g/mol. The number of amides is 2. The lowest BCUT2D eigenvalue weighted by atomic mass is 10.0. The van der Waals surface area contributed by atoms with Crippen LogP contribution in [0.2, 0.25) is 0 Å². The molecule has 1 atom stereocenters. The summed E-state index contributed by atoms with van der Waals surface area (Å²) in [6.07, 6.45) is 2.09. The summed E-state index contributed by atoms with van der Waals surface area (Å²) in [5.74, 6) is 0.0248. The van der Waals surface area contributed by atoms with Crippen molar-refractivity contribution in [3.05, 3.63) is 53.2 Å². The molecule has 2 amide bonds. The number of rotatable bonds is 12. The quantitative estimate of drug-likeness (QED) is 0.256. The molecule has 3 aromatic rings.